The summed E-state index contributed by atoms with van der Waals surface area (Å²) in [6.45, 7) is 1.26. The van der Waals surface area contributed by atoms with Crippen molar-refractivity contribution >= 4 is 40.4 Å². The van der Waals surface area contributed by atoms with E-state index in [2.05, 4.69) is 33.9 Å². The normalized spacial score (nSPS) is 15.0. The zero-order valence-electron chi connectivity index (χ0n) is 13.6. The molecule has 0 bridgehead atoms. The molecule has 2 amide bonds. The van der Waals surface area contributed by atoms with Gasteiger partial charge in [0.1, 0.15) is 0 Å². The Morgan fingerprint density at radius 1 is 1.08 bits per heavy atom. The van der Waals surface area contributed by atoms with Crippen molar-refractivity contribution in [3.63, 3.8) is 0 Å². The Labute approximate surface area is 161 Å². The van der Waals surface area contributed by atoms with E-state index in [1.807, 2.05) is 35.2 Å². The highest BCUT2D eigenvalue weighted by Gasteiger charge is 2.25. The Hall–Kier alpha value is -1.79. The Balaban J connectivity index is 1.56. The van der Waals surface area contributed by atoms with Gasteiger partial charge in [0.15, 0.2) is 0 Å². The maximum atomic E-state index is 12.6. The number of carbonyl (C=O) groups is 2. The second kappa shape index (κ2) is 8.06. The van der Waals surface area contributed by atoms with Crippen LogP contribution in [-0.4, -0.2) is 35.8 Å². The predicted molar refractivity (Wildman–Crippen MR) is 104 cm³/mol. The van der Waals surface area contributed by atoms with Gasteiger partial charge < -0.3 is 10.2 Å². The monoisotopic (exact) mass is 418 g/mol. The zero-order valence-corrected chi connectivity index (χ0v) is 16.1. The molecule has 0 radical (unpaired) electrons. The van der Waals surface area contributed by atoms with Crippen molar-refractivity contribution in [2.24, 2.45) is 0 Å². The minimum atomic E-state index is -0.0771. The average Bonchev–Trinajstić information content (AvgIpc) is 2.62. The molecule has 0 saturated carbocycles. The second-order valence-electron chi connectivity index (χ2n) is 6.07. The highest BCUT2D eigenvalue weighted by molar-refractivity contribution is 9.10. The summed E-state index contributed by atoms with van der Waals surface area (Å²) in [6, 6.07) is 14.7. The van der Waals surface area contributed by atoms with Crippen molar-refractivity contribution in [1.82, 2.24) is 10.2 Å². The number of piperidine rings is 1. The molecule has 0 spiro atoms. The van der Waals surface area contributed by atoms with Crippen molar-refractivity contribution in [3.8, 4) is 0 Å². The number of nitrogens with one attached hydrogen (secondary N) is 1. The fourth-order valence-electron chi connectivity index (χ4n) is 2.95. The first-order valence-electron chi connectivity index (χ1n) is 8.18. The molecule has 0 aromatic heterocycles. The van der Waals surface area contributed by atoms with Crippen LogP contribution in [0.5, 0.6) is 0 Å². The number of carbonyl (C=O) groups excluding carboxylic acids is 2. The lowest BCUT2D eigenvalue weighted by atomic mass is 10.0. The van der Waals surface area contributed by atoms with E-state index in [4.69, 9.17) is 0 Å². The van der Waals surface area contributed by atoms with E-state index >= 15 is 0 Å². The van der Waals surface area contributed by atoms with E-state index in [1.54, 1.807) is 18.2 Å². The molecule has 1 heterocycles. The first-order chi connectivity index (χ1) is 12.0. The molecule has 1 aliphatic heterocycles. The number of likely N-dealkylation sites (tertiary alicyclic amines) is 1. The van der Waals surface area contributed by atoms with Gasteiger partial charge in [-0.05, 0) is 43.2 Å². The van der Waals surface area contributed by atoms with Gasteiger partial charge in [0, 0.05) is 34.1 Å². The molecule has 3 rings (SSSR count). The van der Waals surface area contributed by atoms with Crippen LogP contribution in [0.2, 0.25) is 0 Å². The summed E-state index contributed by atoms with van der Waals surface area (Å²) in [5.74, 6) is -0.0749. The van der Waals surface area contributed by atoms with E-state index < -0.39 is 0 Å². The lowest BCUT2D eigenvalue weighted by molar-refractivity contribution is 0.0695. The highest BCUT2D eigenvalue weighted by Crippen LogP contribution is 2.19. The number of benzene rings is 2. The summed E-state index contributed by atoms with van der Waals surface area (Å²) in [5, 5.41) is 3.06. The van der Waals surface area contributed by atoms with Crippen LogP contribution in [0, 0.1) is 0 Å². The Morgan fingerprint density at radius 2 is 1.80 bits per heavy atom. The second-order valence-corrected chi connectivity index (χ2v) is 7.46. The molecule has 0 aliphatic carbocycles. The molecule has 130 valence electrons. The minimum absolute atomic E-state index is 0.00219. The van der Waals surface area contributed by atoms with Crippen LogP contribution in [0.25, 0.3) is 0 Å². The molecule has 25 heavy (non-hydrogen) atoms. The molecular formula is C19H19BrN2O2S. The lowest BCUT2D eigenvalue weighted by Gasteiger charge is -2.32. The fourth-order valence-corrected chi connectivity index (χ4v) is 3.61. The molecule has 0 unspecified atom stereocenters. The van der Waals surface area contributed by atoms with Crippen LogP contribution in [0.1, 0.15) is 33.6 Å². The molecule has 0 atom stereocenters. The molecule has 2 aromatic rings. The molecule has 4 nitrogen and oxygen atoms in total. The maximum Gasteiger partial charge on any atom is 0.254 e. The first kappa shape index (κ1) is 18.0. The van der Waals surface area contributed by atoms with Crippen LogP contribution in [0.15, 0.2) is 57.9 Å². The third kappa shape index (κ3) is 4.44. The SMILES string of the molecule is O=C(NC1CCN(C(=O)c2ccccc2S)CC1)c1cccc(Br)c1. The lowest BCUT2D eigenvalue weighted by Crippen LogP contribution is -2.46. The van der Waals surface area contributed by atoms with Gasteiger partial charge in [-0.2, -0.15) is 0 Å². The zero-order chi connectivity index (χ0) is 17.8. The number of hydrogen-bond donors (Lipinski definition) is 2. The quantitative estimate of drug-likeness (QED) is 0.745. The molecule has 1 N–H and O–H groups in total. The largest absolute Gasteiger partial charge is 0.349 e. The number of thiol groups is 1. The number of rotatable bonds is 3. The van der Waals surface area contributed by atoms with Gasteiger partial charge in [0.25, 0.3) is 11.8 Å². The Bertz CT molecular complexity index is 788. The smallest absolute Gasteiger partial charge is 0.254 e. The van der Waals surface area contributed by atoms with E-state index in [9.17, 15) is 9.59 Å². The van der Waals surface area contributed by atoms with Gasteiger partial charge >= 0.3 is 0 Å². The van der Waals surface area contributed by atoms with Crippen LogP contribution in [0.3, 0.4) is 0 Å². The van der Waals surface area contributed by atoms with Crippen molar-refractivity contribution in [1.29, 1.82) is 0 Å². The van der Waals surface area contributed by atoms with Gasteiger partial charge in [-0.1, -0.05) is 34.1 Å². The van der Waals surface area contributed by atoms with Crippen molar-refractivity contribution < 1.29 is 9.59 Å². The van der Waals surface area contributed by atoms with Crippen molar-refractivity contribution in [3.05, 3.63) is 64.1 Å². The molecule has 2 aromatic carbocycles. The summed E-state index contributed by atoms with van der Waals surface area (Å²) in [7, 11) is 0. The van der Waals surface area contributed by atoms with E-state index in [1.165, 1.54) is 0 Å². The van der Waals surface area contributed by atoms with Crippen LogP contribution in [-0.2, 0) is 0 Å². The number of nitrogens with zero attached hydrogens (tertiary/aromatic N) is 1. The maximum absolute atomic E-state index is 12.6. The van der Waals surface area contributed by atoms with Gasteiger partial charge in [-0.25, -0.2) is 0 Å². The predicted octanol–water partition coefficient (Wildman–Crippen LogP) is 3.77. The molecule has 1 saturated heterocycles. The van der Waals surface area contributed by atoms with Gasteiger partial charge in [0.2, 0.25) is 0 Å². The van der Waals surface area contributed by atoms with Gasteiger partial charge in [0.05, 0.1) is 5.56 Å². The molecular weight excluding hydrogens is 400 g/mol. The van der Waals surface area contributed by atoms with Crippen molar-refractivity contribution in [2.45, 2.75) is 23.8 Å². The molecule has 1 aliphatic rings. The van der Waals surface area contributed by atoms with Crippen LogP contribution >= 0.6 is 28.6 Å². The number of hydrogen-bond acceptors (Lipinski definition) is 3. The first-order valence-corrected chi connectivity index (χ1v) is 9.42. The summed E-state index contributed by atoms with van der Waals surface area (Å²) >= 11 is 7.74. The van der Waals surface area contributed by atoms with E-state index in [-0.39, 0.29) is 17.9 Å². The number of amides is 2. The highest BCUT2D eigenvalue weighted by atomic mass is 79.9. The summed E-state index contributed by atoms with van der Waals surface area (Å²) in [5.41, 5.74) is 1.26. The summed E-state index contributed by atoms with van der Waals surface area (Å²) in [6.07, 6.45) is 1.50. The summed E-state index contributed by atoms with van der Waals surface area (Å²) < 4.78 is 0.881. The topological polar surface area (TPSA) is 49.4 Å². The summed E-state index contributed by atoms with van der Waals surface area (Å²) in [4.78, 5) is 27.4. The van der Waals surface area contributed by atoms with E-state index in [0.717, 1.165) is 17.3 Å². The Morgan fingerprint density at radius 3 is 2.48 bits per heavy atom. The molecule has 6 heteroatoms. The fraction of sp³-hybridized carbons (Fsp3) is 0.263. The van der Waals surface area contributed by atoms with Crippen LogP contribution in [0.4, 0.5) is 0 Å². The minimum Gasteiger partial charge on any atom is -0.349 e. The third-order valence-corrected chi connectivity index (χ3v) is 5.22. The standard InChI is InChI=1S/C19H19BrN2O2S/c20-14-5-3-4-13(12-14)18(23)21-15-8-10-22(11-9-15)19(24)16-6-1-2-7-17(16)25/h1-7,12,15,25H,8-11H2,(H,21,23). The third-order valence-electron chi connectivity index (χ3n) is 4.34. The van der Waals surface area contributed by atoms with Crippen LogP contribution < -0.4 is 5.32 Å². The van der Waals surface area contributed by atoms with Crippen molar-refractivity contribution in [2.75, 3.05) is 13.1 Å². The average molecular weight is 419 g/mol. The van der Waals surface area contributed by atoms with Gasteiger partial charge in [-0.15, -0.1) is 12.6 Å². The Kier molecular flexibility index (Phi) is 5.81. The van der Waals surface area contributed by atoms with E-state index in [0.29, 0.717) is 29.1 Å². The number of halogens is 1. The molecule has 1 fully saturated rings. The van der Waals surface area contributed by atoms with Gasteiger partial charge in [-0.3, -0.25) is 9.59 Å².